The number of nitrogens with zero attached hydrogens (tertiary/aromatic N) is 2. The maximum absolute atomic E-state index is 12.0. The normalized spacial score (nSPS) is 19.9. The van der Waals surface area contributed by atoms with E-state index in [1.807, 2.05) is 0 Å². The SMILES string of the molecule is COc1ccc(C(=O)N2CC[C@H](N)C2)cn1. The molecule has 2 rings (SSSR count). The fraction of sp³-hybridized carbons (Fsp3) is 0.455. The van der Waals surface area contributed by atoms with E-state index in [4.69, 9.17) is 10.5 Å². The summed E-state index contributed by atoms with van der Waals surface area (Å²) < 4.78 is 4.94. The van der Waals surface area contributed by atoms with Crippen molar-refractivity contribution in [2.45, 2.75) is 12.5 Å². The molecule has 1 aromatic heterocycles. The van der Waals surface area contributed by atoms with Gasteiger partial charge in [-0.05, 0) is 12.5 Å². The first-order valence-electron chi connectivity index (χ1n) is 5.25. The predicted molar refractivity (Wildman–Crippen MR) is 59.3 cm³/mol. The van der Waals surface area contributed by atoms with E-state index in [9.17, 15) is 4.79 Å². The lowest BCUT2D eigenvalue weighted by atomic mass is 10.2. The van der Waals surface area contributed by atoms with Crippen LogP contribution in [0, 0.1) is 0 Å². The van der Waals surface area contributed by atoms with Crippen LogP contribution in [0.4, 0.5) is 0 Å². The number of nitrogens with two attached hydrogens (primary N) is 1. The van der Waals surface area contributed by atoms with Crippen molar-refractivity contribution in [3.63, 3.8) is 0 Å². The zero-order valence-electron chi connectivity index (χ0n) is 9.22. The third-order valence-electron chi connectivity index (χ3n) is 2.70. The number of hydrogen-bond donors (Lipinski definition) is 1. The van der Waals surface area contributed by atoms with Crippen LogP contribution >= 0.6 is 0 Å². The second-order valence-electron chi connectivity index (χ2n) is 3.89. The molecule has 0 aromatic carbocycles. The maximum Gasteiger partial charge on any atom is 0.255 e. The summed E-state index contributed by atoms with van der Waals surface area (Å²) in [4.78, 5) is 17.7. The number of ether oxygens (including phenoxy) is 1. The van der Waals surface area contributed by atoms with Gasteiger partial charge < -0.3 is 15.4 Å². The van der Waals surface area contributed by atoms with Crippen molar-refractivity contribution < 1.29 is 9.53 Å². The van der Waals surface area contributed by atoms with Crippen LogP contribution in [-0.2, 0) is 0 Å². The molecule has 0 bridgehead atoms. The Bertz CT molecular complexity index is 377. The molecule has 16 heavy (non-hydrogen) atoms. The van der Waals surface area contributed by atoms with Gasteiger partial charge in [0.2, 0.25) is 5.88 Å². The van der Waals surface area contributed by atoms with Crippen LogP contribution in [0.1, 0.15) is 16.8 Å². The molecule has 1 amide bonds. The summed E-state index contributed by atoms with van der Waals surface area (Å²) in [5, 5.41) is 0. The Balaban J connectivity index is 2.08. The van der Waals surface area contributed by atoms with E-state index in [0.29, 0.717) is 18.0 Å². The molecule has 5 heteroatoms. The van der Waals surface area contributed by atoms with E-state index in [2.05, 4.69) is 4.98 Å². The number of methoxy groups -OCH3 is 1. The van der Waals surface area contributed by atoms with Crippen LogP contribution in [0.3, 0.4) is 0 Å². The molecule has 1 aliphatic heterocycles. The third-order valence-corrected chi connectivity index (χ3v) is 2.70. The van der Waals surface area contributed by atoms with E-state index in [0.717, 1.165) is 13.0 Å². The Morgan fingerprint density at radius 3 is 2.94 bits per heavy atom. The lowest BCUT2D eigenvalue weighted by molar-refractivity contribution is 0.0790. The number of likely N-dealkylation sites (tertiary alicyclic amines) is 1. The Labute approximate surface area is 94.2 Å². The van der Waals surface area contributed by atoms with Gasteiger partial charge in [-0.2, -0.15) is 0 Å². The van der Waals surface area contributed by atoms with Gasteiger partial charge in [-0.3, -0.25) is 4.79 Å². The van der Waals surface area contributed by atoms with Gasteiger partial charge in [0.1, 0.15) is 0 Å². The van der Waals surface area contributed by atoms with Gasteiger partial charge in [0.25, 0.3) is 5.91 Å². The first-order valence-corrected chi connectivity index (χ1v) is 5.25. The highest BCUT2D eigenvalue weighted by atomic mass is 16.5. The fourth-order valence-corrected chi connectivity index (χ4v) is 1.78. The number of carbonyl (C=O) groups excluding carboxylic acids is 1. The van der Waals surface area contributed by atoms with Crippen LogP contribution in [0.25, 0.3) is 0 Å². The third kappa shape index (κ3) is 2.14. The maximum atomic E-state index is 12.0. The molecular weight excluding hydrogens is 206 g/mol. The van der Waals surface area contributed by atoms with Gasteiger partial charge in [-0.25, -0.2) is 4.98 Å². The van der Waals surface area contributed by atoms with Gasteiger partial charge in [0.15, 0.2) is 0 Å². The van der Waals surface area contributed by atoms with E-state index in [1.54, 1.807) is 24.1 Å². The smallest absolute Gasteiger partial charge is 0.255 e. The molecule has 0 radical (unpaired) electrons. The lowest BCUT2D eigenvalue weighted by Crippen LogP contribution is -2.31. The number of rotatable bonds is 2. The van der Waals surface area contributed by atoms with E-state index in [1.165, 1.54) is 6.20 Å². The monoisotopic (exact) mass is 221 g/mol. The van der Waals surface area contributed by atoms with Gasteiger partial charge >= 0.3 is 0 Å². The summed E-state index contributed by atoms with van der Waals surface area (Å²) >= 11 is 0. The first kappa shape index (κ1) is 10.9. The molecule has 2 N–H and O–H groups in total. The molecule has 0 saturated carbocycles. The molecule has 0 aliphatic carbocycles. The molecular formula is C11H15N3O2. The van der Waals surface area contributed by atoms with Crippen molar-refractivity contribution in [1.82, 2.24) is 9.88 Å². The standard InChI is InChI=1S/C11H15N3O2/c1-16-10-3-2-8(6-13-10)11(15)14-5-4-9(12)7-14/h2-3,6,9H,4-5,7,12H2,1H3/t9-/m0/s1. The molecule has 1 saturated heterocycles. The largest absolute Gasteiger partial charge is 0.481 e. The molecule has 2 heterocycles. The molecule has 1 aromatic rings. The average molecular weight is 221 g/mol. The van der Waals surface area contributed by atoms with E-state index >= 15 is 0 Å². The van der Waals surface area contributed by atoms with Crippen molar-refractivity contribution in [2.24, 2.45) is 5.73 Å². The molecule has 5 nitrogen and oxygen atoms in total. The second kappa shape index (κ2) is 4.49. The summed E-state index contributed by atoms with van der Waals surface area (Å²) in [6.45, 7) is 1.36. The van der Waals surface area contributed by atoms with Crippen molar-refractivity contribution in [2.75, 3.05) is 20.2 Å². The molecule has 1 aliphatic rings. The van der Waals surface area contributed by atoms with Gasteiger partial charge in [-0.15, -0.1) is 0 Å². The van der Waals surface area contributed by atoms with E-state index in [-0.39, 0.29) is 11.9 Å². The highest BCUT2D eigenvalue weighted by Gasteiger charge is 2.24. The summed E-state index contributed by atoms with van der Waals surface area (Å²) in [5.74, 6) is 0.498. The predicted octanol–water partition coefficient (Wildman–Crippen LogP) is 0.263. The van der Waals surface area contributed by atoms with Crippen LogP contribution < -0.4 is 10.5 Å². The lowest BCUT2D eigenvalue weighted by Gasteiger charge is -2.15. The molecule has 86 valence electrons. The minimum atomic E-state index is -0.0110. The quantitative estimate of drug-likeness (QED) is 0.778. The molecule has 0 spiro atoms. The number of carbonyl (C=O) groups is 1. The summed E-state index contributed by atoms with van der Waals surface area (Å²) in [6, 6.07) is 3.51. The van der Waals surface area contributed by atoms with Gasteiger partial charge in [0, 0.05) is 31.4 Å². The zero-order chi connectivity index (χ0) is 11.5. The van der Waals surface area contributed by atoms with Gasteiger partial charge in [0.05, 0.1) is 12.7 Å². The van der Waals surface area contributed by atoms with Crippen LogP contribution in [-0.4, -0.2) is 42.0 Å². The highest BCUT2D eigenvalue weighted by molar-refractivity contribution is 5.94. The van der Waals surface area contributed by atoms with Crippen LogP contribution in [0.2, 0.25) is 0 Å². The van der Waals surface area contributed by atoms with Crippen molar-refractivity contribution >= 4 is 5.91 Å². The number of hydrogen-bond acceptors (Lipinski definition) is 4. The van der Waals surface area contributed by atoms with Crippen molar-refractivity contribution in [3.8, 4) is 5.88 Å². The van der Waals surface area contributed by atoms with Gasteiger partial charge in [-0.1, -0.05) is 0 Å². The Kier molecular flexibility index (Phi) is 3.05. The summed E-state index contributed by atoms with van der Waals surface area (Å²) in [7, 11) is 1.54. The van der Waals surface area contributed by atoms with Crippen LogP contribution in [0.5, 0.6) is 5.88 Å². The second-order valence-corrected chi connectivity index (χ2v) is 3.89. The molecule has 1 atom stereocenters. The Morgan fingerprint density at radius 1 is 1.62 bits per heavy atom. The fourth-order valence-electron chi connectivity index (χ4n) is 1.78. The molecule has 0 unspecified atom stereocenters. The topological polar surface area (TPSA) is 68.5 Å². The Morgan fingerprint density at radius 2 is 2.44 bits per heavy atom. The first-order chi connectivity index (χ1) is 7.70. The Hall–Kier alpha value is -1.62. The number of pyridine rings is 1. The van der Waals surface area contributed by atoms with Crippen molar-refractivity contribution in [3.05, 3.63) is 23.9 Å². The summed E-state index contributed by atoms with van der Waals surface area (Å²) in [6.07, 6.45) is 2.40. The zero-order valence-corrected chi connectivity index (χ0v) is 9.22. The number of amides is 1. The van der Waals surface area contributed by atoms with E-state index < -0.39 is 0 Å². The van der Waals surface area contributed by atoms with Crippen LogP contribution in [0.15, 0.2) is 18.3 Å². The minimum Gasteiger partial charge on any atom is -0.481 e. The molecule has 1 fully saturated rings. The minimum absolute atomic E-state index is 0.0110. The van der Waals surface area contributed by atoms with Crippen molar-refractivity contribution in [1.29, 1.82) is 0 Å². The highest BCUT2D eigenvalue weighted by Crippen LogP contribution is 2.13. The summed E-state index contributed by atoms with van der Waals surface area (Å²) in [5.41, 5.74) is 6.34. The number of aromatic nitrogens is 1. The average Bonchev–Trinajstić information content (AvgIpc) is 2.75.